The number of carboxylic acid groups (broad SMARTS) is 1. The van der Waals surface area contributed by atoms with Gasteiger partial charge in [-0.25, -0.2) is 4.79 Å². The largest absolute Gasteiger partial charge is 0.478 e. The lowest BCUT2D eigenvalue weighted by Crippen LogP contribution is -2.00. The van der Waals surface area contributed by atoms with Crippen LogP contribution in [0.2, 0.25) is 10.0 Å². The molecular weight excluding hydrogens is 395 g/mol. The Hall–Kier alpha value is -3.00. The van der Waals surface area contributed by atoms with Gasteiger partial charge in [0.1, 0.15) is 0 Å². The first-order chi connectivity index (χ1) is 13.3. The van der Waals surface area contributed by atoms with Gasteiger partial charge in [-0.15, -0.1) is 0 Å². The van der Waals surface area contributed by atoms with Crippen molar-refractivity contribution in [3.05, 3.63) is 86.7 Å². The summed E-state index contributed by atoms with van der Waals surface area (Å²) in [5.41, 5.74) is 4.77. The fourth-order valence-corrected chi connectivity index (χ4v) is 3.48. The van der Waals surface area contributed by atoms with Gasteiger partial charge in [0.25, 0.3) is 0 Å². The molecule has 28 heavy (non-hydrogen) atoms. The van der Waals surface area contributed by atoms with E-state index >= 15 is 0 Å². The van der Waals surface area contributed by atoms with Gasteiger partial charge in [-0.2, -0.15) is 5.26 Å². The van der Waals surface area contributed by atoms with Crippen LogP contribution >= 0.6 is 23.2 Å². The number of rotatable bonds is 4. The van der Waals surface area contributed by atoms with Crippen LogP contribution in [0.3, 0.4) is 0 Å². The van der Waals surface area contributed by atoms with E-state index in [0.29, 0.717) is 21.2 Å². The molecule has 4 nitrogen and oxygen atoms in total. The standard InChI is InChI=1S/C22H16Cl2N2O2/c1-13-10-17(14(2)26(13)20-5-3-4-19(23)21(20)24)11-18(12-25)15-6-8-16(9-7-15)22(27)28/h3-11H,1-2H3,(H,27,28)/b18-11-. The Balaban J connectivity index is 2.08. The van der Waals surface area contributed by atoms with Crippen LogP contribution in [-0.4, -0.2) is 15.6 Å². The Morgan fingerprint density at radius 1 is 1.11 bits per heavy atom. The number of benzene rings is 2. The quantitative estimate of drug-likeness (QED) is 0.523. The normalized spacial score (nSPS) is 11.3. The molecule has 0 aliphatic carbocycles. The molecule has 0 spiro atoms. The second-order valence-corrected chi connectivity index (χ2v) is 7.07. The van der Waals surface area contributed by atoms with Gasteiger partial charge in [0.15, 0.2) is 0 Å². The Bertz CT molecular complexity index is 1140. The van der Waals surface area contributed by atoms with Crippen molar-refractivity contribution in [3.8, 4) is 11.8 Å². The van der Waals surface area contributed by atoms with Crippen LogP contribution in [0.15, 0.2) is 48.5 Å². The van der Waals surface area contributed by atoms with Crippen molar-refractivity contribution in [2.24, 2.45) is 0 Å². The average Bonchev–Trinajstić information content (AvgIpc) is 2.95. The molecule has 0 bridgehead atoms. The molecule has 0 saturated heterocycles. The van der Waals surface area contributed by atoms with E-state index in [-0.39, 0.29) is 5.56 Å². The zero-order chi connectivity index (χ0) is 20.4. The van der Waals surface area contributed by atoms with Crippen LogP contribution in [0.25, 0.3) is 17.3 Å². The summed E-state index contributed by atoms with van der Waals surface area (Å²) in [7, 11) is 0. The van der Waals surface area contributed by atoms with Crippen molar-refractivity contribution < 1.29 is 9.90 Å². The summed E-state index contributed by atoms with van der Waals surface area (Å²) in [6.07, 6.45) is 1.78. The lowest BCUT2D eigenvalue weighted by Gasteiger charge is -2.12. The van der Waals surface area contributed by atoms with E-state index in [9.17, 15) is 10.1 Å². The molecule has 3 rings (SSSR count). The van der Waals surface area contributed by atoms with Gasteiger partial charge in [-0.05, 0) is 61.4 Å². The fraction of sp³-hybridized carbons (Fsp3) is 0.0909. The van der Waals surface area contributed by atoms with E-state index in [0.717, 1.165) is 22.6 Å². The number of aromatic nitrogens is 1. The first-order valence-corrected chi connectivity index (χ1v) is 9.18. The molecule has 0 radical (unpaired) electrons. The highest BCUT2D eigenvalue weighted by Gasteiger charge is 2.14. The number of nitriles is 1. The van der Waals surface area contributed by atoms with Gasteiger partial charge in [0, 0.05) is 11.4 Å². The third-order valence-corrected chi connectivity index (χ3v) is 5.31. The summed E-state index contributed by atoms with van der Waals surface area (Å²) >= 11 is 12.5. The molecule has 0 saturated carbocycles. The number of aryl methyl sites for hydroxylation is 1. The minimum absolute atomic E-state index is 0.176. The van der Waals surface area contributed by atoms with Crippen molar-refractivity contribution in [2.45, 2.75) is 13.8 Å². The van der Waals surface area contributed by atoms with Crippen molar-refractivity contribution in [3.63, 3.8) is 0 Å². The highest BCUT2D eigenvalue weighted by Crippen LogP contribution is 2.32. The van der Waals surface area contributed by atoms with Crippen molar-refractivity contribution in [1.82, 2.24) is 4.57 Å². The molecule has 0 unspecified atom stereocenters. The maximum Gasteiger partial charge on any atom is 0.335 e. The fourth-order valence-electron chi connectivity index (χ4n) is 3.10. The number of nitrogens with zero attached hydrogens (tertiary/aromatic N) is 2. The molecule has 3 aromatic rings. The third-order valence-electron chi connectivity index (χ3n) is 4.51. The number of allylic oxidation sites excluding steroid dienone is 1. The summed E-state index contributed by atoms with van der Waals surface area (Å²) in [5.74, 6) is -1.00. The van der Waals surface area contributed by atoms with Crippen LogP contribution in [0.4, 0.5) is 0 Å². The summed E-state index contributed by atoms with van der Waals surface area (Å²) in [6.45, 7) is 3.90. The van der Waals surface area contributed by atoms with Crippen LogP contribution < -0.4 is 0 Å². The molecule has 140 valence electrons. The zero-order valence-electron chi connectivity index (χ0n) is 15.2. The SMILES string of the molecule is Cc1cc(/C=C(/C#N)c2ccc(C(=O)O)cc2)c(C)n1-c1cccc(Cl)c1Cl. The molecule has 0 fully saturated rings. The summed E-state index contributed by atoms with van der Waals surface area (Å²) in [4.78, 5) is 11.0. The maximum absolute atomic E-state index is 11.0. The second-order valence-electron chi connectivity index (χ2n) is 6.29. The first-order valence-electron chi connectivity index (χ1n) is 8.42. The summed E-state index contributed by atoms with van der Waals surface area (Å²) in [6, 6.07) is 15.8. The summed E-state index contributed by atoms with van der Waals surface area (Å²) in [5, 5.41) is 19.6. The number of halogens is 2. The van der Waals surface area contributed by atoms with E-state index < -0.39 is 5.97 Å². The molecule has 0 amide bonds. The minimum Gasteiger partial charge on any atom is -0.478 e. The third kappa shape index (κ3) is 3.68. The predicted octanol–water partition coefficient (Wildman–Crippen LogP) is 6.16. The lowest BCUT2D eigenvalue weighted by molar-refractivity contribution is 0.0697. The predicted molar refractivity (Wildman–Crippen MR) is 112 cm³/mol. The van der Waals surface area contributed by atoms with Crippen molar-refractivity contribution in [1.29, 1.82) is 5.26 Å². The number of hydrogen-bond donors (Lipinski definition) is 1. The van der Waals surface area contributed by atoms with Crippen molar-refractivity contribution >= 4 is 40.8 Å². The molecule has 0 atom stereocenters. The molecule has 1 aromatic heterocycles. The molecule has 1 heterocycles. The maximum atomic E-state index is 11.0. The van der Waals surface area contributed by atoms with Gasteiger partial charge >= 0.3 is 5.97 Å². The zero-order valence-corrected chi connectivity index (χ0v) is 16.7. The molecule has 0 aliphatic rings. The van der Waals surface area contributed by atoms with Gasteiger partial charge in [0.2, 0.25) is 0 Å². The second kappa shape index (κ2) is 7.93. The molecule has 1 N–H and O–H groups in total. The van der Waals surface area contributed by atoms with Crippen LogP contribution in [0.5, 0.6) is 0 Å². The van der Waals surface area contributed by atoms with Crippen LogP contribution in [0, 0.1) is 25.2 Å². The molecule has 6 heteroatoms. The van der Waals surface area contributed by atoms with Crippen LogP contribution in [-0.2, 0) is 0 Å². The van der Waals surface area contributed by atoms with Gasteiger partial charge in [-0.1, -0.05) is 41.4 Å². The molecule has 0 aliphatic heterocycles. The number of carboxylic acids is 1. The molecular formula is C22H16Cl2N2O2. The van der Waals surface area contributed by atoms with Gasteiger partial charge in [-0.3, -0.25) is 0 Å². The Kier molecular flexibility index (Phi) is 5.60. The highest BCUT2D eigenvalue weighted by atomic mass is 35.5. The van der Waals surface area contributed by atoms with E-state index in [1.165, 1.54) is 12.1 Å². The summed E-state index contributed by atoms with van der Waals surface area (Å²) < 4.78 is 1.99. The van der Waals surface area contributed by atoms with E-state index in [1.807, 2.05) is 36.6 Å². The average molecular weight is 411 g/mol. The monoisotopic (exact) mass is 410 g/mol. The number of aromatic carboxylic acids is 1. The van der Waals surface area contributed by atoms with Gasteiger partial charge in [0.05, 0.1) is 32.9 Å². The highest BCUT2D eigenvalue weighted by molar-refractivity contribution is 6.43. The van der Waals surface area contributed by atoms with Crippen LogP contribution in [0.1, 0.15) is 32.9 Å². The Labute approximate surface area is 172 Å². The van der Waals surface area contributed by atoms with E-state index in [4.69, 9.17) is 28.3 Å². The topological polar surface area (TPSA) is 66.0 Å². The number of carbonyl (C=O) groups is 1. The van der Waals surface area contributed by atoms with E-state index in [2.05, 4.69) is 6.07 Å². The van der Waals surface area contributed by atoms with Gasteiger partial charge < -0.3 is 9.67 Å². The Morgan fingerprint density at radius 2 is 1.75 bits per heavy atom. The molecule has 2 aromatic carbocycles. The van der Waals surface area contributed by atoms with E-state index in [1.54, 1.807) is 24.3 Å². The lowest BCUT2D eigenvalue weighted by atomic mass is 10.0. The van der Waals surface area contributed by atoms with Crippen molar-refractivity contribution in [2.75, 3.05) is 0 Å². The number of hydrogen-bond acceptors (Lipinski definition) is 2. The smallest absolute Gasteiger partial charge is 0.335 e. The first kappa shape index (κ1) is 19.8. The Morgan fingerprint density at radius 3 is 2.36 bits per heavy atom. The minimum atomic E-state index is -1.00.